The number of para-hydroxylation sites is 2. The van der Waals surface area contributed by atoms with Crippen LogP contribution in [0.2, 0.25) is 0 Å². The Labute approximate surface area is 124 Å². The maximum Gasteiger partial charge on any atom is 0.328 e. The quantitative estimate of drug-likeness (QED) is 0.562. The molecule has 6 heteroatoms. The van der Waals surface area contributed by atoms with E-state index in [-0.39, 0.29) is 25.5 Å². The number of anilines is 2. The van der Waals surface area contributed by atoms with Gasteiger partial charge in [0.15, 0.2) is 0 Å². The third-order valence-corrected chi connectivity index (χ3v) is 3.13. The van der Waals surface area contributed by atoms with Crippen molar-refractivity contribution in [1.29, 1.82) is 0 Å². The van der Waals surface area contributed by atoms with Crippen molar-refractivity contribution in [2.75, 3.05) is 23.8 Å². The van der Waals surface area contributed by atoms with Crippen LogP contribution in [-0.4, -0.2) is 36.2 Å². The van der Waals surface area contributed by atoms with Crippen LogP contribution in [0.1, 0.15) is 26.7 Å². The number of aliphatic carboxylic acids is 1. The molecule has 0 amide bonds. The summed E-state index contributed by atoms with van der Waals surface area (Å²) < 4.78 is 5.08. The number of carbonyl (C=O) groups excluding carboxylic acids is 1. The monoisotopic (exact) mass is 294 g/mol. The first-order chi connectivity index (χ1) is 10.0. The van der Waals surface area contributed by atoms with Crippen molar-refractivity contribution in [3.63, 3.8) is 0 Å². The summed E-state index contributed by atoms with van der Waals surface area (Å²) in [7, 11) is 0. The average Bonchev–Trinajstić information content (AvgIpc) is 2.44. The van der Waals surface area contributed by atoms with Gasteiger partial charge >= 0.3 is 11.9 Å². The fraction of sp³-hybridized carbons (Fsp3) is 0.467. The minimum Gasteiger partial charge on any atom is -0.481 e. The van der Waals surface area contributed by atoms with Crippen LogP contribution in [0.15, 0.2) is 24.3 Å². The smallest absolute Gasteiger partial charge is 0.328 e. The molecule has 6 nitrogen and oxygen atoms in total. The molecule has 1 aromatic carbocycles. The number of carboxylic acids is 1. The van der Waals surface area contributed by atoms with Crippen molar-refractivity contribution >= 4 is 23.3 Å². The SMILES string of the molecule is CCOC(=O)C(CC)N(CCC(=O)O)c1ccccc1N. The molecule has 116 valence electrons. The molecule has 0 fully saturated rings. The lowest BCUT2D eigenvalue weighted by molar-refractivity contribution is -0.145. The highest BCUT2D eigenvalue weighted by Gasteiger charge is 2.27. The Hall–Kier alpha value is -2.24. The summed E-state index contributed by atoms with van der Waals surface area (Å²) in [4.78, 5) is 24.7. The van der Waals surface area contributed by atoms with Crippen LogP contribution < -0.4 is 10.6 Å². The zero-order valence-electron chi connectivity index (χ0n) is 12.4. The molecule has 21 heavy (non-hydrogen) atoms. The summed E-state index contributed by atoms with van der Waals surface area (Å²) in [5, 5.41) is 8.90. The van der Waals surface area contributed by atoms with E-state index in [1.54, 1.807) is 36.1 Å². The van der Waals surface area contributed by atoms with Gasteiger partial charge in [0.1, 0.15) is 6.04 Å². The molecule has 0 saturated carbocycles. The van der Waals surface area contributed by atoms with Crippen LogP contribution in [0.3, 0.4) is 0 Å². The predicted molar refractivity (Wildman–Crippen MR) is 81.2 cm³/mol. The third-order valence-electron chi connectivity index (χ3n) is 3.13. The number of carbonyl (C=O) groups is 2. The lowest BCUT2D eigenvalue weighted by Crippen LogP contribution is -2.43. The van der Waals surface area contributed by atoms with Crippen LogP contribution in [0.5, 0.6) is 0 Å². The van der Waals surface area contributed by atoms with Crippen molar-refractivity contribution in [3.8, 4) is 0 Å². The van der Waals surface area contributed by atoms with E-state index in [0.717, 1.165) is 0 Å². The van der Waals surface area contributed by atoms with Gasteiger partial charge in [-0.05, 0) is 25.5 Å². The predicted octanol–water partition coefficient (Wildman–Crippen LogP) is 1.89. The van der Waals surface area contributed by atoms with E-state index >= 15 is 0 Å². The summed E-state index contributed by atoms with van der Waals surface area (Å²) in [6.45, 7) is 4.07. The highest BCUT2D eigenvalue weighted by Crippen LogP contribution is 2.26. The number of esters is 1. The summed E-state index contributed by atoms with van der Waals surface area (Å²) in [6, 6.07) is 6.55. The van der Waals surface area contributed by atoms with E-state index in [0.29, 0.717) is 17.8 Å². The molecule has 0 heterocycles. The van der Waals surface area contributed by atoms with Gasteiger partial charge < -0.3 is 20.5 Å². The lowest BCUT2D eigenvalue weighted by atomic mass is 10.1. The third kappa shape index (κ3) is 4.66. The minimum atomic E-state index is -0.923. The van der Waals surface area contributed by atoms with Gasteiger partial charge in [-0.25, -0.2) is 4.79 Å². The van der Waals surface area contributed by atoms with Gasteiger partial charge in [0.25, 0.3) is 0 Å². The van der Waals surface area contributed by atoms with Gasteiger partial charge in [0, 0.05) is 6.54 Å². The number of hydrogen-bond donors (Lipinski definition) is 2. The molecule has 1 rings (SSSR count). The molecule has 1 atom stereocenters. The number of hydrogen-bond acceptors (Lipinski definition) is 5. The number of rotatable bonds is 8. The maximum absolute atomic E-state index is 12.1. The largest absolute Gasteiger partial charge is 0.481 e. The zero-order valence-corrected chi connectivity index (χ0v) is 12.4. The highest BCUT2D eigenvalue weighted by atomic mass is 16.5. The first-order valence-corrected chi connectivity index (χ1v) is 7.00. The van der Waals surface area contributed by atoms with Crippen LogP contribution >= 0.6 is 0 Å². The Bertz CT molecular complexity index is 490. The second-order valence-electron chi connectivity index (χ2n) is 4.57. The van der Waals surface area contributed by atoms with Gasteiger partial charge in [0.2, 0.25) is 0 Å². The second kappa shape index (κ2) is 8.14. The molecule has 0 bridgehead atoms. The number of ether oxygens (including phenoxy) is 1. The van der Waals surface area contributed by atoms with Gasteiger partial charge in [-0.1, -0.05) is 19.1 Å². The number of nitrogens with zero attached hydrogens (tertiary/aromatic N) is 1. The lowest BCUT2D eigenvalue weighted by Gasteiger charge is -2.32. The average molecular weight is 294 g/mol. The van der Waals surface area contributed by atoms with Crippen molar-refractivity contribution in [2.45, 2.75) is 32.7 Å². The summed E-state index contributed by atoms with van der Waals surface area (Å²) >= 11 is 0. The topological polar surface area (TPSA) is 92.9 Å². The number of nitrogens with two attached hydrogens (primary N) is 1. The van der Waals surface area contributed by atoms with Crippen molar-refractivity contribution in [3.05, 3.63) is 24.3 Å². The van der Waals surface area contributed by atoms with E-state index in [1.165, 1.54) is 0 Å². The Kier molecular flexibility index (Phi) is 6.52. The highest BCUT2D eigenvalue weighted by molar-refractivity contribution is 5.83. The van der Waals surface area contributed by atoms with E-state index in [9.17, 15) is 9.59 Å². The molecule has 0 radical (unpaired) electrons. The standard InChI is InChI=1S/C15H22N2O4/c1-3-12(15(20)21-4-2)17(10-9-14(18)19)13-8-6-5-7-11(13)16/h5-8,12H,3-4,9-10,16H2,1-2H3,(H,18,19). The Balaban J connectivity index is 3.08. The normalized spacial score (nSPS) is 11.7. The molecule has 0 aliphatic carbocycles. The van der Waals surface area contributed by atoms with E-state index < -0.39 is 12.0 Å². The van der Waals surface area contributed by atoms with Gasteiger partial charge in [-0.15, -0.1) is 0 Å². The van der Waals surface area contributed by atoms with Crippen LogP contribution in [0.4, 0.5) is 11.4 Å². The van der Waals surface area contributed by atoms with E-state index in [4.69, 9.17) is 15.6 Å². The van der Waals surface area contributed by atoms with Crippen LogP contribution in [0, 0.1) is 0 Å². The van der Waals surface area contributed by atoms with Crippen LogP contribution in [-0.2, 0) is 14.3 Å². The molecule has 0 aliphatic rings. The zero-order chi connectivity index (χ0) is 15.8. The number of benzene rings is 1. The fourth-order valence-electron chi connectivity index (χ4n) is 2.16. The van der Waals surface area contributed by atoms with Gasteiger partial charge in [-0.2, -0.15) is 0 Å². The second-order valence-corrected chi connectivity index (χ2v) is 4.57. The van der Waals surface area contributed by atoms with Crippen molar-refractivity contribution in [1.82, 2.24) is 0 Å². The molecule has 0 aromatic heterocycles. The summed E-state index contributed by atoms with van der Waals surface area (Å²) in [5.41, 5.74) is 7.11. The Morgan fingerprint density at radius 2 is 2.00 bits per heavy atom. The van der Waals surface area contributed by atoms with Crippen molar-refractivity contribution in [2.24, 2.45) is 0 Å². The number of nitrogen functional groups attached to an aromatic ring is 1. The molecule has 0 aliphatic heterocycles. The fourth-order valence-corrected chi connectivity index (χ4v) is 2.16. The summed E-state index contributed by atoms with van der Waals surface area (Å²) in [5.74, 6) is -1.29. The van der Waals surface area contributed by atoms with E-state index in [1.807, 2.05) is 6.92 Å². The van der Waals surface area contributed by atoms with Gasteiger partial charge in [-0.3, -0.25) is 4.79 Å². The molecule has 1 aromatic rings. The molecule has 3 N–H and O–H groups in total. The first kappa shape index (κ1) is 16.8. The van der Waals surface area contributed by atoms with Crippen molar-refractivity contribution < 1.29 is 19.4 Å². The molecule has 0 saturated heterocycles. The summed E-state index contributed by atoms with van der Waals surface area (Å²) in [6.07, 6.45) is 0.428. The van der Waals surface area contributed by atoms with E-state index in [2.05, 4.69) is 0 Å². The maximum atomic E-state index is 12.1. The Morgan fingerprint density at radius 3 is 2.52 bits per heavy atom. The number of carboxylic acid groups (broad SMARTS) is 1. The van der Waals surface area contributed by atoms with Crippen LogP contribution in [0.25, 0.3) is 0 Å². The molecule has 0 spiro atoms. The molecular weight excluding hydrogens is 272 g/mol. The van der Waals surface area contributed by atoms with Gasteiger partial charge in [0.05, 0.1) is 24.4 Å². The molecular formula is C15H22N2O4. The minimum absolute atomic E-state index is 0.0791. The molecule has 1 unspecified atom stereocenters. The Morgan fingerprint density at radius 1 is 1.33 bits per heavy atom. The first-order valence-electron chi connectivity index (χ1n) is 7.00.